The fourth-order valence-corrected chi connectivity index (χ4v) is 3.61. The van der Waals surface area contributed by atoms with Crippen LogP contribution in [0.5, 0.6) is 5.75 Å². The molecule has 1 aromatic heterocycles. The molecule has 0 N–H and O–H groups in total. The average molecular weight is 385 g/mol. The van der Waals surface area contributed by atoms with Gasteiger partial charge in [-0.1, -0.05) is 62.4 Å². The van der Waals surface area contributed by atoms with Gasteiger partial charge in [0.2, 0.25) is 0 Å². The Kier molecular flexibility index (Phi) is 5.39. The van der Waals surface area contributed by atoms with Crippen LogP contribution >= 0.6 is 0 Å². The molecule has 0 aliphatic rings. The summed E-state index contributed by atoms with van der Waals surface area (Å²) in [6.07, 6.45) is 0. The van der Waals surface area contributed by atoms with Gasteiger partial charge in [0.25, 0.3) is 0 Å². The number of nitrogens with zero attached hydrogens (tertiary/aromatic N) is 2. The van der Waals surface area contributed by atoms with E-state index in [-0.39, 0.29) is 0 Å². The van der Waals surface area contributed by atoms with E-state index in [0.29, 0.717) is 12.5 Å². The van der Waals surface area contributed by atoms with Crippen LogP contribution in [0.3, 0.4) is 0 Å². The molecule has 4 rings (SSSR count). The number of imidazole rings is 1. The van der Waals surface area contributed by atoms with Gasteiger partial charge in [-0.25, -0.2) is 4.98 Å². The van der Waals surface area contributed by atoms with Crippen LogP contribution in [0.4, 0.5) is 0 Å². The summed E-state index contributed by atoms with van der Waals surface area (Å²) in [6.45, 7) is 9.84. The van der Waals surface area contributed by atoms with Gasteiger partial charge in [-0.2, -0.15) is 0 Å². The fraction of sp³-hybridized carbons (Fsp3) is 0.269. The van der Waals surface area contributed by atoms with Gasteiger partial charge in [-0.15, -0.1) is 0 Å². The van der Waals surface area contributed by atoms with Gasteiger partial charge in [-0.3, -0.25) is 0 Å². The summed E-state index contributed by atoms with van der Waals surface area (Å²) in [7, 11) is 0. The highest BCUT2D eigenvalue weighted by Gasteiger charge is 2.12. The number of fused-ring (bicyclic) bond motifs is 1. The van der Waals surface area contributed by atoms with Crippen molar-refractivity contribution in [2.75, 3.05) is 0 Å². The van der Waals surface area contributed by atoms with Crippen molar-refractivity contribution in [3.8, 4) is 5.75 Å². The molecule has 0 radical (unpaired) electrons. The van der Waals surface area contributed by atoms with Crippen molar-refractivity contribution in [2.45, 2.75) is 46.8 Å². The summed E-state index contributed by atoms with van der Waals surface area (Å²) < 4.78 is 8.45. The molecule has 0 amide bonds. The minimum absolute atomic E-state index is 0.447. The van der Waals surface area contributed by atoms with Crippen LogP contribution in [0, 0.1) is 13.8 Å². The van der Waals surface area contributed by atoms with E-state index >= 15 is 0 Å². The summed E-state index contributed by atoms with van der Waals surface area (Å²) in [5, 5.41) is 0. The number of hydrogen-bond donors (Lipinski definition) is 0. The third-order valence-corrected chi connectivity index (χ3v) is 5.42. The van der Waals surface area contributed by atoms with Crippen LogP contribution in [-0.2, 0) is 13.2 Å². The zero-order chi connectivity index (χ0) is 20.4. The Hall–Kier alpha value is -3.07. The van der Waals surface area contributed by atoms with Crippen molar-refractivity contribution in [1.82, 2.24) is 9.55 Å². The average Bonchev–Trinajstić information content (AvgIpc) is 3.06. The molecule has 3 heteroatoms. The monoisotopic (exact) mass is 384 g/mol. The van der Waals surface area contributed by atoms with E-state index in [0.717, 1.165) is 34.7 Å². The highest BCUT2D eigenvalue weighted by molar-refractivity contribution is 5.76. The smallest absolute Gasteiger partial charge is 0.148 e. The van der Waals surface area contributed by atoms with Crippen molar-refractivity contribution in [3.63, 3.8) is 0 Å². The van der Waals surface area contributed by atoms with Crippen molar-refractivity contribution in [3.05, 3.63) is 94.8 Å². The molecule has 3 nitrogen and oxygen atoms in total. The molecule has 0 saturated heterocycles. The summed E-state index contributed by atoms with van der Waals surface area (Å²) >= 11 is 0. The van der Waals surface area contributed by atoms with E-state index in [9.17, 15) is 0 Å². The second-order valence-corrected chi connectivity index (χ2v) is 8.06. The molecule has 0 aliphatic heterocycles. The molecule has 0 spiro atoms. The number of ether oxygens (including phenoxy) is 1. The first kappa shape index (κ1) is 19.3. The minimum atomic E-state index is 0.447. The molecule has 29 heavy (non-hydrogen) atoms. The Balaban J connectivity index is 1.64. The predicted octanol–water partition coefficient (Wildman–Crippen LogP) is 6.40. The maximum atomic E-state index is 6.18. The van der Waals surface area contributed by atoms with Crippen molar-refractivity contribution in [2.24, 2.45) is 0 Å². The topological polar surface area (TPSA) is 27.1 Å². The summed E-state index contributed by atoms with van der Waals surface area (Å²) in [5.41, 5.74) is 7.12. The van der Waals surface area contributed by atoms with E-state index < -0.39 is 0 Å². The van der Waals surface area contributed by atoms with Crippen molar-refractivity contribution in [1.29, 1.82) is 0 Å². The zero-order valence-corrected chi connectivity index (χ0v) is 17.6. The second kappa shape index (κ2) is 8.12. The maximum absolute atomic E-state index is 6.18. The van der Waals surface area contributed by atoms with Gasteiger partial charge in [-0.05, 0) is 60.2 Å². The number of para-hydroxylation sites is 2. The first-order valence-corrected chi connectivity index (χ1v) is 10.2. The normalized spacial score (nSPS) is 11.3. The van der Waals surface area contributed by atoms with Crippen LogP contribution in [-0.4, -0.2) is 9.55 Å². The molecule has 3 aromatic carbocycles. The predicted molar refractivity (Wildman–Crippen MR) is 120 cm³/mol. The lowest BCUT2D eigenvalue weighted by Crippen LogP contribution is -2.09. The molecular weight excluding hydrogens is 356 g/mol. The molecule has 0 saturated carbocycles. The van der Waals surface area contributed by atoms with Gasteiger partial charge < -0.3 is 9.30 Å². The molecule has 0 bridgehead atoms. The molecule has 0 fully saturated rings. The molecule has 1 heterocycles. The Morgan fingerprint density at radius 2 is 1.69 bits per heavy atom. The third kappa shape index (κ3) is 4.19. The molecule has 0 atom stereocenters. The minimum Gasteiger partial charge on any atom is -0.485 e. The number of aromatic nitrogens is 2. The van der Waals surface area contributed by atoms with E-state index in [1.54, 1.807) is 0 Å². The Morgan fingerprint density at radius 3 is 2.45 bits per heavy atom. The summed E-state index contributed by atoms with van der Waals surface area (Å²) in [4.78, 5) is 4.86. The van der Waals surface area contributed by atoms with Gasteiger partial charge >= 0.3 is 0 Å². The Labute approximate surface area is 173 Å². The van der Waals surface area contributed by atoms with Crippen molar-refractivity contribution >= 4 is 11.0 Å². The number of hydrogen-bond acceptors (Lipinski definition) is 2. The van der Waals surface area contributed by atoms with Gasteiger partial charge in [0.15, 0.2) is 0 Å². The van der Waals surface area contributed by atoms with Gasteiger partial charge in [0.1, 0.15) is 18.2 Å². The SMILES string of the molecule is Cc1ccc(C)c(OCc2nc3ccccc3n2Cc2ccc(C(C)C)cc2)c1. The van der Waals surface area contributed by atoms with Crippen LogP contribution in [0.15, 0.2) is 66.7 Å². The van der Waals surface area contributed by atoms with E-state index in [2.05, 4.69) is 92.9 Å². The number of rotatable bonds is 6. The standard InChI is InChI=1S/C26H28N2O/c1-18(2)22-13-11-21(12-14-22)16-28-24-8-6-5-7-23(24)27-26(28)17-29-25-15-19(3)9-10-20(25)4/h5-15,18H,16-17H2,1-4H3. The van der Waals surface area contributed by atoms with E-state index in [4.69, 9.17) is 9.72 Å². The Morgan fingerprint density at radius 1 is 0.931 bits per heavy atom. The van der Waals surface area contributed by atoms with Crippen LogP contribution < -0.4 is 4.74 Å². The summed E-state index contributed by atoms with van der Waals surface area (Å²) in [5.74, 6) is 2.41. The van der Waals surface area contributed by atoms with Gasteiger partial charge in [0.05, 0.1) is 11.0 Å². The third-order valence-electron chi connectivity index (χ3n) is 5.42. The maximum Gasteiger partial charge on any atom is 0.148 e. The molecule has 0 unspecified atom stereocenters. The molecule has 0 aliphatic carbocycles. The molecule has 4 aromatic rings. The number of aryl methyl sites for hydroxylation is 2. The molecular formula is C26H28N2O. The quantitative estimate of drug-likeness (QED) is 0.384. The highest BCUT2D eigenvalue weighted by Crippen LogP contribution is 2.23. The van der Waals surface area contributed by atoms with Gasteiger partial charge in [0, 0.05) is 6.54 Å². The lowest BCUT2D eigenvalue weighted by Gasteiger charge is -2.13. The van der Waals surface area contributed by atoms with Crippen LogP contribution in [0.2, 0.25) is 0 Å². The number of benzene rings is 3. The lowest BCUT2D eigenvalue weighted by atomic mass is 10.0. The van der Waals surface area contributed by atoms with Crippen LogP contribution in [0.1, 0.15) is 47.8 Å². The first-order valence-electron chi connectivity index (χ1n) is 10.2. The lowest BCUT2D eigenvalue weighted by molar-refractivity contribution is 0.289. The second-order valence-electron chi connectivity index (χ2n) is 8.06. The molecule has 148 valence electrons. The van der Waals surface area contributed by atoms with E-state index in [1.165, 1.54) is 16.7 Å². The zero-order valence-electron chi connectivity index (χ0n) is 17.6. The fourth-order valence-electron chi connectivity index (χ4n) is 3.61. The largest absolute Gasteiger partial charge is 0.485 e. The first-order chi connectivity index (χ1) is 14.0. The summed E-state index contributed by atoms with van der Waals surface area (Å²) in [6, 6.07) is 23.5. The Bertz CT molecular complexity index is 1120. The van der Waals surface area contributed by atoms with Crippen LogP contribution in [0.25, 0.3) is 11.0 Å². The highest BCUT2D eigenvalue weighted by atomic mass is 16.5. The van der Waals surface area contributed by atoms with E-state index in [1.807, 2.05) is 6.07 Å². The van der Waals surface area contributed by atoms with Crippen molar-refractivity contribution < 1.29 is 4.74 Å².